The molecule has 0 fully saturated rings. The Morgan fingerprint density at radius 2 is 1.76 bits per heavy atom. The van der Waals surface area contributed by atoms with Gasteiger partial charge in [0.15, 0.2) is 5.16 Å². The molecule has 29 heavy (non-hydrogen) atoms. The first-order valence-corrected chi connectivity index (χ1v) is 10.2. The molecule has 0 aliphatic rings. The number of hydrogen-bond donors (Lipinski definition) is 0. The van der Waals surface area contributed by atoms with E-state index >= 15 is 0 Å². The Bertz CT molecular complexity index is 1160. The summed E-state index contributed by atoms with van der Waals surface area (Å²) in [7, 11) is 0. The number of carbonyl (C=O) groups is 1. The number of nitrogens with zero attached hydrogens (tertiary/aromatic N) is 2. The SMILES string of the molecule is O=C(CSc1nc2ccccc2n1Cc1ccc(F)cc1)Oc1ccccc1Cl. The van der Waals surface area contributed by atoms with Gasteiger partial charge in [0, 0.05) is 0 Å². The first kappa shape index (κ1) is 19.5. The molecule has 0 bridgehead atoms. The molecule has 146 valence electrons. The number of ether oxygens (including phenoxy) is 1. The van der Waals surface area contributed by atoms with E-state index in [1.807, 2.05) is 28.8 Å². The summed E-state index contributed by atoms with van der Waals surface area (Å²) in [6.07, 6.45) is 0. The van der Waals surface area contributed by atoms with E-state index in [0.29, 0.717) is 22.5 Å². The monoisotopic (exact) mass is 426 g/mol. The van der Waals surface area contributed by atoms with Crippen LogP contribution in [-0.4, -0.2) is 21.3 Å². The molecule has 4 rings (SSSR count). The summed E-state index contributed by atoms with van der Waals surface area (Å²) in [6.45, 7) is 0.517. The summed E-state index contributed by atoms with van der Waals surface area (Å²) < 4.78 is 20.6. The lowest BCUT2D eigenvalue weighted by Crippen LogP contribution is -2.12. The molecule has 0 unspecified atom stereocenters. The van der Waals surface area contributed by atoms with E-state index in [4.69, 9.17) is 16.3 Å². The van der Waals surface area contributed by atoms with Gasteiger partial charge in [-0.25, -0.2) is 9.37 Å². The minimum absolute atomic E-state index is 0.0813. The lowest BCUT2D eigenvalue weighted by molar-refractivity contribution is -0.131. The molecule has 0 radical (unpaired) electrons. The van der Waals surface area contributed by atoms with Gasteiger partial charge >= 0.3 is 5.97 Å². The fourth-order valence-corrected chi connectivity index (χ4v) is 3.85. The summed E-state index contributed by atoms with van der Waals surface area (Å²) >= 11 is 7.33. The summed E-state index contributed by atoms with van der Waals surface area (Å²) in [5.41, 5.74) is 2.71. The lowest BCUT2D eigenvalue weighted by atomic mass is 10.2. The van der Waals surface area contributed by atoms with Crippen molar-refractivity contribution < 1.29 is 13.9 Å². The van der Waals surface area contributed by atoms with E-state index in [9.17, 15) is 9.18 Å². The molecule has 4 aromatic rings. The number of rotatable bonds is 6. The molecule has 7 heteroatoms. The molecular formula is C22H16ClFN2O2S. The summed E-state index contributed by atoms with van der Waals surface area (Å²) in [5, 5.41) is 1.07. The van der Waals surface area contributed by atoms with Crippen LogP contribution >= 0.6 is 23.4 Å². The van der Waals surface area contributed by atoms with Gasteiger partial charge in [0.05, 0.1) is 28.4 Å². The Balaban J connectivity index is 1.54. The van der Waals surface area contributed by atoms with Crippen LogP contribution in [0.15, 0.2) is 78.0 Å². The smallest absolute Gasteiger partial charge is 0.321 e. The van der Waals surface area contributed by atoms with Gasteiger partial charge in [0.1, 0.15) is 11.6 Å². The van der Waals surface area contributed by atoms with Crippen LogP contribution in [0.25, 0.3) is 11.0 Å². The third-order valence-corrected chi connectivity index (χ3v) is 5.52. The zero-order chi connectivity index (χ0) is 20.2. The van der Waals surface area contributed by atoms with Crippen molar-refractivity contribution in [3.8, 4) is 5.75 Å². The summed E-state index contributed by atoms with van der Waals surface area (Å²) in [4.78, 5) is 16.9. The molecule has 0 amide bonds. The minimum Gasteiger partial charge on any atom is -0.424 e. The lowest BCUT2D eigenvalue weighted by Gasteiger charge is -2.09. The Morgan fingerprint density at radius 1 is 1.03 bits per heavy atom. The number of benzene rings is 3. The third kappa shape index (κ3) is 4.60. The molecule has 1 aromatic heterocycles. The van der Waals surface area contributed by atoms with E-state index in [1.54, 1.807) is 36.4 Å². The van der Waals surface area contributed by atoms with Crippen LogP contribution in [0.5, 0.6) is 5.75 Å². The molecule has 1 heterocycles. The van der Waals surface area contributed by atoms with Crippen LogP contribution in [0, 0.1) is 5.82 Å². The van der Waals surface area contributed by atoms with Crippen molar-refractivity contribution in [2.24, 2.45) is 0 Å². The van der Waals surface area contributed by atoms with Crippen molar-refractivity contribution >= 4 is 40.4 Å². The topological polar surface area (TPSA) is 44.1 Å². The van der Waals surface area contributed by atoms with Gasteiger partial charge in [-0.05, 0) is 42.0 Å². The normalized spacial score (nSPS) is 11.0. The highest BCUT2D eigenvalue weighted by Crippen LogP contribution is 2.27. The number of aromatic nitrogens is 2. The van der Waals surface area contributed by atoms with Crippen molar-refractivity contribution in [2.75, 3.05) is 5.75 Å². The van der Waals surface area contributed by atoms with Crippen LogP contribution < -0.4 is 4.74 Å². The first-order chi connectivity index (χ1) is 14.1. The predicted octanol–water partition coefficient (Wildman–Crippen LogP) is 5.57. The van der Waals surface area contributed by atoms with Crippen molar-refractivity contribution in [3.63, 3.8) is 0 Å². The molecule has 0 N–H and O–H groups in total. The molecule has 0 saturated carbocycles. The molecule has 0 aliphatic carbocycles. The van der Waals surface area contributed by atoms with Gasteiger partial charge in [0.25, 0.3) is 0 Å². The number of hydrogen-bond acceptors (Lipinski definition) is 4. The van der Waals surface area contributed by atoms with Gasteiger partial charge < -0.3 is 9.30 Å². The Hall–Kier alpha value is -2.83. The Morgan fingerprint density at radius 3 is 2.55 bits per heavy atom. The molecule has 3 aromatic carbocycles. The fourth-order valence-electron chi connectivity index (χ4n) is 2.89. The summed E-state index contributed by atoms with van der Waals surface area (Å²) in [6, 6.07) is 20.9. The maximum atomic E-state index is 13.2. The van der Waals surface area contributed by atoms with Crippen LogP contribution in [0.1, 0.15) is 5.56 Å². The van der Waals surface area contributed by atoms with E-state index < -0.39 is 5.97 Å². The van der Waals surface area contributed by atoms with Gasteiger partial charge in [0.2, 0.25) is 0 Å². The number of thioether (sulfide) groups is 1. The van der Waals surface area contributed by atoms with Crippen LogP contribution in [0.4, 0.5) is 4.39 Å². The zero-order valence-corrected chi connectivity index (χ0v) is 16.8. The Labute approximate surface area is 176 Å². The Kier molecular flexibility index (Phi) is 5.83. The highest BCUT2D eigenvalue weighted by Gasteiger charge is 2.15. The van der Waals surface area contributed by atoms with E-state index in [0.717, 1.165) is 16.6 Å². The van der Waals surface area contributed by atoms with Crippen LogP contribution in [-0.2, 0) is 11.3 Å². The highest BCUT2D eigenvalue weighted by atomic mass is 35.5. The molecular weight excluding hydrogens is 411 g/mol. The standard InChI is InChI=1S/C22H16ClFN2O2S/c23-17-5-1-4-8-20(17)28-21(27)14-29-22-25-18-6-2-3-7-19(18)26(22)13-15-9-11-16(24)12-10-15/h1-12H,13-14H2. The summed E-state index contributed by atoms with van der Waals surface area (Å²) in [5.74, 6) is -0.276. The molecule has 0 spiro atoms. The van der Waals surface area contributed by atoms with E-state index in [1.165, 1.54) is 23.9 Å². The van der Waals surface area contributed by atoms with Crippen molar-refractivity contribution in [1.29, 1.82) is 0 Å². The second kappa shape index (κ2) is 8.68. The zero-order valence-electron chi connectivity index (χ0n) is 15.2. The highest BCUT2D eigenvalue weighted by molar-refractivity contribution is 7.99. The maximum Gasteiger partial charge on any atom is 0.321 e. The van der Waals surface area contributed by atoms with Gasteiger partial charge in [-0.3, -0.25) is 4.79 Å². The first-order valence-electron chi connectivity index (χ1n) is 8.88. The maximum absolute atomic E-state index is 13.2. The molecule has 4 nitrogen and oxygen atoms in total. The average Bonchev–Trinajstić information content (AvgIpc) is 3.07. The van der Waals surface area contributed by atoms with E-state index in [2.05, 4.69) is 4.98 Å². The number of halogens is 2. The van der Waals surface area contributed by atoms with Gasteiger partial charge in [-0.15, -0.1) is 0 Å². The fraction of sp³-hybridized carbons (Fsp3) is 0.0909. The second-order valence-electron chi connectivity index (χ2n) is 6.29. The number of esters is 1. The predicted molar refractivity (Wildman–Crippen MR) is 113 cm³/mol. The minimum atomic E-state index is -0.413. The van der Waals surface area contributed by atoms with Gasteiger partial charge in [-0.1, -0.05) is 59.8 Å². The van der Waals surface area contributed by atoms with Crippen molar-refractivity contribution in [2.45, 2.75) is 11.7 Å². The van der Waals surface area contributed by atoms with E-state index in [-0.39, 0.29) is 11.6 Å². The average molecular weight is 427 g/mol. The molecule has 0 saturated heterocycles. The van der Waals surface area contributed by atoms with Crippen molar-refractivity contribution in [3.05, 3.63) is 89.2 Å². The molecule has 0 atom stereocenters. The van der Waals surface area contributed by atoms with Gasteiger partial charge in [-0.2, -0.15) is 0 Å². The van der Waals surface area contributed by atoms with Crippen LogP contribution in [0.3, 0.4) is 0 Å². The number of para-hydroxylation sites is 3. The van der Waals surface area contributed by atoms with Crippen molar-refractivity contribution in [1.82, 2.24) is 9.55 Å². The number of imidazole rings is 1. The third-order valence-electron chi connectivity index (χ3n) is 4.25. The number of fused-ring (bicyclic) bond motifs is 1. The van der Waals surface area contributed by atoms with Crippen LogP contribution in [0.2, 0.25) is 5.02 Å². The largest absolute Gasteiger partial charge is 0.424 e. The second-order valence-corrected chi connectivity index (χ2v) is 7.64. The quantitative estimate of drug-likeness (QED) is 0.229. The molecule has 0 aliphatic heterocycles. The number of carbonyl (C=O) groups excluding carboxylic acids is 1.